The molecule has 0 saturated heterocycles. The molecule has 110 valence electrons. The normalized spacial score (nSPS) is 11.3. The van der Waals surface area contributed by atoms with Crippen LogP contribution in [-0.4, -0.2) is 10.9 Å². The summed E-state index contributed by atoms with van der Waals surface area (Å²) in [4.78, 5) is 16.0. The molecule has 0 spiro atoms. The van der Waals surface area contributed by atoms with Crippen molar-refractivity contribution >= 4 is 27.5 Å². The SMILES string of the molecule is Cc1cncc(NC(=O)c2cc(C(F)(F)F)ccc2Br)c1. The van der Waals surface area contributed by atoms with Crippen molar-refractivity contribution in [1.82, 2.24) is 4.98 Å². The Morgan fingerprint density at radius 2 is 1.95 bits per heavy atom. The second kappa shape index (κ2) is 5.85. The van der Waals surface area contributed by atoms with E-state index in [1.54, 1.807) is 19.2 Å². The van der Waals surface area contributed by atoms with Gasteiger partial charge in [-0.3, -0.25) is 9.78 Å². The fraction of sp³-hybridized carbons (Fsp3) is 0.143. The molecule has 2 aromatic rings. The number of benzene rings is 1. The Bertz CT molecular complexity index is 686. The molecule has 0 fully saturated rings. The number of nitrogens with one attached hydrogen (secondary N) is 1. The van der Waals surface area contributed by atoms with Crippen LogP contribution in [0.2, 0.25) is 0 Å². The molecule has 0 unspecified atom stereocenters. The monoisotopic (exact) mass is 358 g/mol. The molecule has 21 heavy (non-hydrogen) atoms. The van der Waals surface area contributed by atoms with Gasteiger partial charge in [0, 0.05) is 10.7 Å². The summed E-state index contributed by atoms with van der Waals surface area (Å²) in [5.41, 5.74) is 0.282. The number of carbonyl (C=O) groups excluding carboxylic acids is 1. The van der Waals surface area contributed by atoms with Crippen LogP contribution < -0.4 is 5.32 Å². The first-order valence-corrected chi connectivity index (χ1v) is 6.66. The third-order valence-electron chi connectivity index (χ3n) is 2.67. The summed E-state index contributed by atoms with van der Waals surface area (Å²) in [7, 11) is 0. The van der Waals surface area contributed by atoms with Gasteiger partial charge in [0.1, 0.15) is 0 Å². The van der Waals surface area contributed by atoms with E-state index in [4.69, 9.17) is 0 Å². The fourth-order valence-electron chi connectivity index (χ4n) is 1.70. The van der Waals surface area contributed by atoms with Crippen LogP contribution in [0.15, 0.2) is 41.1 Å². The quantitative estimate of drug-likeness (QED) is 0.862. The third-order valence-corrected chi connectivity index (χ3v) is 3.36. The molecule has 0 bridgehead atoms. The number of hydrogen-bond donors (Lipinski definition) is 1. The van der Waals surface area contributed by atoms with Crippen molar-refractivity contribution in [2.75, 3.05) is 5.32 Å². The van der Waals surface area contributed by atoms with E-state index in [-0.39, 0.29) is 10.0 Å². The molecule has 7 heteroatoms. The van der Waals surface area contributed by atoms with E-state index in [1.807, 2.05) is 0 Å². The first kappa shape index (κ1) is 15.5. The maximum Gasteiger partial charge on any atom is 0.416 e. The largest absolute Gasteiger partial charge is 0.416 e. The van der Waals surface area contributed by atoms with E-state index in [0.29, 0.717) is 5.69 Å². The summed E-state index contributed by atoms with van der Waals surface area (Å²) in [5, 5.41) is 2.52. The van der Waals surface area contributed by atoms with E-state index in [2.05, 4.69) is 26.2 Å². The van der Waals surface area contributed by atoms with Gasteiger partial charge < -0.3 is 5.32 Å². The van der Waals surface area contributed by atoms with Crippen LogP contribution in [0.1, 0.15) is 21.5 Å². The topological polar surface area (TPSA) is 42.0 Å². The minimum atomic E-state index is -4.50. The van der Waals surface area contributed by atoms with Gasteiger partial charge in [-0.25, -0.2) is 0 Å². The number of pyridine rings is 1. The van der Waals surface area contributed by atoms with E-state index >= 15 is 0 Å². The van der Waals surface area contributed by atoms with E-state index in [1.165, 1.54) is 12.3 Å². The zero-order valence-corrected chi connectivity index (χ0v) is 12.4. The third kappa shape index (κ3) is 3.81. The molecule has 1 N–H and O–H groups in total. The van der Waals surface area contributed by atoms with Gasteiger partial charge in [0.05, 0.1) is 23.0 Å². The second-order valence-electron chi connectivity index (χ2n) is 4.40. The van der Waals surface area contributed by atoms with E-state index in [0.717, 1.165) is 17.7 Å². The maximum absolute atomic E-state index is 12.7. The standard InChI is InChI=1S/C14H10BrF3N2O/c1-8-4-10(7-19-6-8)20-13(21)11-5-9(14(16,17)18)2-3-12(11)15/h2-7H,1H3,(H,20,21). The van der Waals surface area contributed by atoms with Gasteiger partial charge in [-0.1, -0.05) is 0 Å². The van der Waals surface area contributed by atoms with Crippen molar-refractivity contribution < 1.29 is 18.0 Å². The number of hydrogen-bond acceptors (Lipinski definition) is 2. The minimum absolute atomic E-state index is 0.0914. The number of aromatic nitrogens is 1. The Hall–Kier alpha value is -1.89. The highest BCUT2D eigenvalue weighted by Gasteiger charge is 2.31. The van der Waals surface area contributed by atoms with Gasteiger partial charge in [-0.2, -0.15) is 13.2 Å². The van der Waals surface area contributed by atoms with Gasteiger partial charge in [-0.15, -0.1) is 0 Å². The predicted octanol–water partition coefficient (Wildman–Crippen LogP) is 4.42. The highest BCUT2D eigenvalue weighted by Crippen LogP contribution is 2.32. The summed E-state index contributed by atoms with van der Waals surface area (Å²) in [6.07, 6.45) is -1.47. The van der Waals surface area contributed by atoms with Crippen molar-refractivity contribution in [1.29, 1.82) is 0 Å². The van der Waals surface area contributed by atoms with Crippen LogP contribution in [0.3, 0.4) is 0 Å². The van der Waals surface area contributed by atoms with Crippen molar-refractivity contribution in [2.24, 2.45) is 0 Å². The molecule has 1 aromatic heterocycles. The van der Waals surface area contributed by atoms with Crippen LogP contribution in [0.4, 0.5) is 18.9 Å². The molecule has 0 aliphatic carbocycles. The molecule has 1 heterocycles. The minimum Gasteiger partial charge on any atom is -0.321 e. The predicted molar refractivity (Wildman–Crippen MR) is 76.1 cm³/mol. The summed E-state index contributed by atoms with van der Waals surface area (Å²) in [6, 6.07) is 4.59. The van der Waals surface area contributed by atoms with E-state index in [9.17, 15) is 18.0 Å². The lowest BCUT2D eigenvalue weighted by molar-refractivity contribution is -0.137. The van der Waals surface area contributed by atoms with Crippen LogP contribution in [0.5, 0.6) is 0 Å². The van der Waals surface area contributed by atoms with Crippen LogP contribution in [0, 0.1) is 6.92 Å². The van der Waals surface area contributed by atoms with Crippen molar-refractivity contribution in [3.63, 3.8) is 0 Å². The molecule has 0 atom stereocenters. The summed E-state index contributed by atoms with van der Waals surface area (Å²) < 4.78 is 38.3. The number of carbonyl (C=O) groups is 1. The zero-order chi connectivity index (χ0) is 15.6. The lowest BCUT2D eigenvalue weighted by Gasteiger charge is -2.11. The molecule has 0 aliphatic heterocycles. The Kier molecular flexibility index (Phi) is 4.32. The number of rotatable bonds is 2. The number of aryl methyl sites for hydroxylation is 1. The molecule has 0 aliphatic rings. The molecule has 2 rings (SSSR count). The zero-order valence-electron chi connectivity index (χ0n) is 10.8. The van der Waals surface area contributed by atoms with Gasteiger partial charge in [0.25, 0.3) is 5.91 Å². The molecule has 3 nitrogen and oxygen atoms in total. The summed E-state index contributed by atoms with van der Waals surface area (Å²) in [5.74, 6) is -0.639. The Balaban J connectivity index is 2.31. The number of amides is 1. The molecular formula is C14H10BrF3N2O. The smallest absolute Gasteiger partial charge is 0.321 e. The highest BCUT2D eigenvalue weighted by atomic mass is 79.9. The van der Waals surface area contributed by atoms with Gasteiger partial charge in [0.15, 0.2) is 0 Å². The maximum atomic E-state index is 12.7. The average Bonchev–Trinajstić information content (AvgIpc) is 2.37. The van der Waals surface area contributed by atoms with Crippen LogP contribution in [0.25, 0.3) is 0 Å². The summed E-state index contributed by atoms with van der Waals surface area (Å²) in [6.45, 7) is 1.79. The van der Waals surface area contributed by atoms with Gasteiger partial charge in [-0.05, 0) is 52.7 Å². The number of nitrogens with zero attached hydrogens (tertiary/aromatic N) is 1. The fourth-order valence-corrected chi connectivity index (χ4v) is 2.12. The van der Waals surface area contributed by atoms with E-state index < -0.39 is 17.6 Å². The van der Waals surface area contributed by atoms with Crippen molar-refractivity contribution in [3.8, 4) is 0 Å². The van der Waals surface area contributed by atoms with Gasteiger partial charge in [0.2, 0.25) is 0 Å². The van der Waals surface area contributed by atoms with Crippen LogP contribution >= 0.6 is 15.9 Å². The first-order chi connectivity index (χ1) is 9.77. The first-order valence-electron chi connectivity index (χ1n) is 5.87. The molecular weight excluding hydrogens is 349 g/mol. The van der Waals surface area contributed by atoms with Crippen molar-refractivity contribution in [3.05, 3.63) is 57.8 Å². The number of alkyl halides is 3. The Labute approximate surface area is 127 Å². The Morgan fingerprint density at radius 1 is 1.24 bits per heavy atom. The van der Waals surface area contributed by atoms with Crippen LogP contribution in [-0.2, 0) is 6.18 Å². The molecule has 0 saturated carbocycles. The molecule has 0 radical (unpaired) electrons. The summed E-state index contributed by atoms with van der Waals surface area (Å²) >= 11 is 3.08. The second-order valence-corrected chi connectivity index (χ2v) is 5.25. The highest BCUT2D eigenvalue weighted by molar-refractivity contribution is 9.10. The number of halogens is 4. The average molecular weight is 359 g/mol. The lowest BCUT2D eigenvalue weighted by Crippen LogP contribution is -2.15. The van der Waals surface area contributed by atoms with Gasteiger partial charge >= 0.3 is 6.18 Å². The molecule has 1 aromatic carbocycles. The Morgan fingerprint density at radius 3 is 2.57 bits per heavy atom. The molecule has 1 amide bonds. The lowest BCUT2D eigenvalue weighted by atomic mass is 10.1. The van der Waals surface area contributed by atoms with Crippen molar-refractivity contribution in [2.45, 2.75) is 13.1 Å². The number of anilines is 1.